The van der Waals surface area contributed by atoms with Crippen molar-refractivity contribution in [1.82, 2.24) is 0 Å². The van der Waals surface area contributed by atoms with Gasteiger partial charge >= 0.3 is 0 Å². The minimum absolute atomic E-state index is 0.174. The van der Waals surface area contributed by atoms with Crippen LogP contribution in [-0.2, 0) is 11.2 Å². The molecular formula is C24H24ClNO3. The van der Waals surface area contributed by atoms with E-state index in [1.807, 2.05) is 36.4 Å². The molecule has 29 heavy (non-hydrogen) atoms. The second-order valence-corrected chi connectivity index (χ2v) is 7.28. The number of hydrogen-bond acceptors (Lipinski definition) is 3. The zero-order valence-electron chi connectivity index (χ0n) is 16.3. The fraction of sp³-hybridized carbons (Fsp3) is 0.208. The van der Waals surface area contributed by atoms with E-state index < -0.39 is 5.92 Å². The molecule has 3 aromatic rings. The smallest absolute Gasteiger partial charge is 0.229 e. The van der Waals surface area contributed by atoms with Crippen molar-refractivity contribution < 1.29 is 14.6 Å². The van der Waals surface area contributed by atoms with E-state index in [4.69, 9.17) is 21.4 Å². The highest BCUT2D eigenvalue weighted by molar-refractivity contribution is 6.33. The van der Waals surface area contributed by atoms with Crippen LogP contribution in [0.2, 0.25) is 5.02 Å². The number of benzene rings is 3. The standard InChI is InChI=1S/C24H24ClNO3/c1-17(16-27)24(28)26-20-10-12-21(13-11-20)29-15-14-18-6-8-19(9-7-18)22-4-2-3-5-23(22)25/h2-13,17,27H,14-16H2,1H3,(H,26,28)/t17-/m1/s1. The van der Waals surface area contributed by atoms with Gasteiger partial charge in [0.25, 0.3) is 0 Å². The Bertz CT molecular complexity index is 939. The molecule has 150 valence electrons. The molecule has 0 radical (unpaired) electrons. The lowest BCUT2D eigenvalue weighted by molar-refractivity contribution is -0.120. The summed E-state index contributed by atoms with van der Waals surface area (Å²) in [5.41, 5.74) is 3.98. The number of ether oxygens (including phenoxy) is 1. The monoisotopic (exact) mass is 409 g/mol. The van der Waals surface area contributed by atoms with E-state index in [1.54, 1.807) is 19.1 Å². The number of halogens is 1. The van der Waals surface area contributed by atoms with Gasteiger partial charge in [0.15, 0.2) is 0 Å². The molecule has 0 spiro atoms. The number of aliphatic hydroxyl groups excluding tert-OH is 1. The van der Waals surface area contributed by atoms with Crippen LogP contribution in [0, 0.1) is 5.92 Å². The normalized spacial score (nSPS) is 11.7. The number of nitrogens with one attached hydrogen (secondary N) is 1. The topological polar surface area (TPSA) is 58.6 Å². The second-order valence-electron chi connectivity index (χ2n) is 6.87. The first-order valence-electron chi connectivity index (χ1n) is 9.55. The van der Waals surface area contributed by atoms with Crippen molar-refractivity contribution in [2.24, 2.45) is 5.92 Å². The van der Waals surface area contributed by atoms with Crippen LogP contribution in [0.25, 0.3) is 11.1 Å². The van der Waals surface area contributed by atoms with Gasteiger partial charge in [-0.25, -0.2) is 0 Å². The maximum absolute atomic E-state index is 11.8. The summed E-state index contributed by atoms with van der Waals surface area (Å²) in [6.45, 7) is 2.05. The Morgan fingerprint density at radius 1 is 1.03 bits per heavy atom. The molecule has 2 N–H and O–H groups in total. The van der Waals surface area contributed by atoms with Gasteiger partial charge in [-0.15, -0.1) is 0 Å². The van der Waals surface area contributed by atoms with Crippen molar-refractivity contribution in [2.75, 3.05) is 18.5 Å². The Kier molecular flexibility index (Phi) is 7.28. The number of carbonyl (C=O) groups excluding carboxylic acids is 1. The number of aliphatic hydroxyl groups is 1. The maximum atomic E-state index is 11.8. The number of carbonyl (C=O) groups is 1. The molecule has 1 atom stereocenters. The first kappa shape index (κ1) is 20.9. The van der Waals surface area contributed by atoms with Crippen molar-refractivity contribution >= 4 is 23.2 Å². The Morgan fingerprint density at radius 2 is 1.72 bits per heavy atom. The summed E-state index contributed by atoms with van der Waals surface area (Å²) >= 11 is 6.26. The lowest BCUT2D eigenvalue weighted by Crippen LogP contribution is -2.22. The quantitative estimate of drug-likeness (QED) is 0.537. The van der Waals surface area contributed by atoms with E-state index >= 15 is 0 Å². The average Bonchev–Trinajstić information content (AvgIpc) is 2.75. The largest absolute Gasteiger partial charge is 0.493 e. The van der Waals surface area contributed by atoms with E-state index in [2.05, 4.69) is 29.6 Å². The van der Waals surface area contributed by atoms with Crippen molar-refractivity contribution in [3.8, 4) is 16.9 Å². The molecule has 0 bridgehead atoms. The third-order valence-electron chi connectivity index (χ3n) is 4.64. The predicted molar refractivity (Wildman–Crippen MR) is 117 cm³/mol. The highest BCUT2D eigenvalue weighted by Crippen LogP contribution is 2.27. The molecule has 5 heteroatoms. The van der Waals surface area contributed by atoms with Crippen LogP contribution in [0.3, 0.4) is 0 Å². The molecule has 0 saturated heterocycles. The SMILES string of the molecule is C[C@H](CO)C(=O)Nc1ccc(OCCc2ccc(-c3ccccc3Cl)cc2)cc1. The van der Waals surface area contributed by atoms with E-state index in [-0.39, 0.29) is 12.5 Å². The van der Waals surface area contributed by atoms with Crippen LogP contribution in [0.15, 0.2) is 72.8 Å². The Hall–Kier alpha value is -2.82. The summed E-state index contributed by atoms with van der Waals surface area (Å²) in [5, 5.41) is 12.5. The van der Waals surface area contributed by atoms with Gasteiger partial charge in [0.2, 0.25) is 5.91 Å². The van der Waals surface area contributed by atoms with Crippen LogP contribution < -0.4 is 10.1 Å². The summed E-state index contributed by atoms with van der Waals surface area (Å²) in [4.78, 5) is 11.8. The van der Waals surface area contributed by atoms with Crippen molar-refractivity contribution in [3.63, 3.8) is 0 Å². The molecule has 0 aliphatic rings. The van der Waals surface area contributed by atoms with Gasteiger partial charge in [0, 0.05) is 22.7 Å². The lowest BCUT2D eigenvalue weighted by atomic mass is 10.0. The minimum atomic E-state index is -0.435. The van der Waals surface area contributed by atoms with Crippen LogP contribution in [-0.4, -0.2) is 24.2 Å². The van der Waals surface area contributed by atoms with Gasteiger partial charge in [0.05, 0.1) is 19.1 Å². The molecule has 0 heterocycles. The molecule has 0 aromatic heterocycles. The van der Waals surface area contributed by atoms with E-state index in [0.717, 1.165) is 28.3 Å². The summed E-state index contributed by atoms with van der Waals surface area (Å²) in [5.74, 6) is 0.0996. The zero-order chi connectivity index (χ0) is 20.6. The molecule has 0 aliphatic heterocycles. The summed E-state index contributed by atoms with van der Waals surface area (Å²) in [7, 11) is 0. The Labute approximate surface area is 176 Å². The molecule has 0 fully saturated rings. The van der Waals surface area contributed by atoms with Gasteiger partial charge in [-0.05, 0) is 41.5 Å². The molecule has 0 aliphatic carbocycles. The Morgan fingerprint density at radius 3 is 2.38 bits per heavy atom. The fourth-order valence-electron chi connectivity index (χ4n) is 2.82. The van der Waals surface area contributed by atoms with E-state index in [9.17, 15) is 4.79 Å². The molecule has 1 amide bonds. The molecule has 3 rings (SSSR count). The lowest BCUT2D eigenvalue weighted by Gasteiger charge is -2.11. The summed E-state index contributed by atoms with van der Waals surface area (Å²) in [6.07, 6.45) is 0.787. The molecular weight excluding hydrogens is 386 g/mol. The predicted octanol–water partition coefficient (Wildman–Crippen LogP) is 5.20. The van der Waals surface area contributed by atoms with Crippen LogP contribution in [0.1, 0.15) is 12.5 Å². The Balaban J connectivity index is 1.50. The maximum Gasteiger partial charge on any atom is 0.229 e. The van der Waals surface area contributed by atoms with E-state index in [1.165, 1.54) is 5.56 Å². The van der Waals surface area contributed by atoms with Crippen molar-refractivity contribution in [3.05, 3.63) is 83.4 Å². The highest BCUT2D eigenvalue weighted by Gasteiger charge is 2.11. The van der Waals surface area contributed by atoms with Gasteiger partial charge < -0.3 is 15.2 Å². The fourth-order valence-corrected chi connectivity index (χ4v) is 3.06. The van der Waals surface area contributed by atoms with Gasteiger partial charge in [-0.2, -0.15) is 0 Å². The highest BCUT2D eigenvalue weighted by atomic mass is 35.5. The first-order valence-corrected chi connectivity index (χ1v) is 9.93. The number of amides is 1. The average molecular weight is 410 g/mol. The van der Waals surface area contributed by atoms with Crippen LogP contribution in [0.5, 0.6) is 5.75 Å². The number of anilines is 1. The number of rotatable bonds is 8. The molecule has 0 saturated carbocycles. The third kappa shape index (κ3) is 5.83. The zero-order valence-corrected chi connectivity index (χ0v) is 17.0. The molecule has 4 nitrogen and oxygen atoms in total. The van der Waals surface area contributed by atoms with E-state index in [0.29, 0.717) is 12.3 Å². The first-order chi connectivity index (χ1) is 14.1. The van der Waals surface area contributed by atoms with Crippen molar-refractivity contribution in [1.29, 1.82) is 0 Å². The molecule has 3 aromatic carbocycles. The summed E-state index contributed by atoms with van der Waals surface area (Å²) < 4.78 is 5.80. The van der Waals surface area contributed by atoms with Gasteiger partial charge in [-0.1, -0.05) is 61.0 Å². The molecule has 0 unspecified atom stereocenters. The summed E-state index contributed by atoms with van der Waals surface area (Å²) in [6, 6.07) is 23.3. The van der Waals surface area contributed by atoms with Crippen molar-refractivity contribution in [2.45, 2.75) is 13.3 Å². The number of hydrogen-bond donors (Lipinski definition) is 2. The van der Waals surface area contributed by atoms with Gasteiger partial charge in [0.1, 0.15) is 5.75 Å². The third-order valence-corrected chi connectivity index (χ3v) is 4.97. The van der Waals surface area contributed by atoms with Gasteiger partial charge in [-0.3, -0.25) is 4.79 Å². The minimum Gasteiger partial charge on any atom is -0.493 e. The van der Waals surface area contributed by atoms with Crippen LogP contribution >= 0.6 is 11.6 Å². The second kappa shape index (κ2) is 10.1. The van der Waals surface area contributed by atoms with Crippen LogP contribution in [0.4, 0.5) is 5.69 Å².